The van der Waals surface area contributed by atoms with Crippen LogP contribution >= 0.6 is 0 Å². The van der Waals surface area contributed by atoms with Crippen LogP contribution in [0.3, 0.4) is 0 Å². The predicted molar refractivity (Wildman–Crippen MR) is 62.4 cm³/mol. The van der Waals surface area contributed by atoms with Crippen molar-refractivity contribution in [3.8, 4) is 0 Å². The van der Waals surface area contributed by atoms with Crippen LogP contribution in [0, 0.1) is 0 Å². The fourth-order valence-corrected chi connectivity index (χ4v) is 0.985. The second kappa shape index (κ2) is 5.75. The van der Waals surface area contributed by atoms with Gasteiger partial charge in [-0.15, -0.1) is 0 Å². The second-order valence-corrected chi connectivity index (χ2v) is 3.17. The fraction of sp³-hybridized carbons (Fsp3) is 0.167. The molecule has 78 valence electrons. The molecule has 0 aliphatic carbocycles. The molecule has 1 aromatic carbocycles. The Balaban J connectivity index is 2.58. The van der Waals surface area contributed by atoms with Crippen LogP contribution < -0.4 is 5.43 Å². The highest BCUT2D eigenvalue weighted by Gasteiger charge is 1.87. The third-order valence-corrected chi connectivity index (χ3v) is 1.71. The Morgan fingerprint density at radius 2 is 1.93 bits per heavy atom. The van der Waals surface area contributed by atoms with Crippen molar-refractivity contribution in [1.29, 1.82) is 0 Å². The van der Waals surface area contributed by atoms with Gasteiger partial charge in [-0.2, -0.15) is 5.10 Å². The maximum atomic E-state index is 10.6. The van der Waals surface area contributed by atoms with E-state index in [4.69, 9.17) is 0 Å². The SMILES string of the molecule is CC(=O)N/N=C(C)\C=C\c1ccccc1. The first-order chi connectivity index (χ1) is 7.18. The molecule has 0 bridgehead atoms. The summed E-state index contributed by atoms with van der Waals surface area (Å²) in [4.78, 5) is 10.6. The van der Waals surface area contributed by atoms with E-state index in [9.17, 15) is 4.79 Å². The number of carbonyl (C=O) groups is 1. The standard InChI is InChI=1S/C12H14N2O/c1-10(13-14-11(2)15)8-9-12-6-4-3-5-7-12/h3-9H,1-2H3,(H,14,15)/b9-8+,13-10-. The van der Waals surface area contributed by atoms with Gasteiger partial charge in [-0.3, -0.25) is 4.79 Å². The van der Waals surface area contributed by atoms with Crippen molar-refractivity contribution in [3.63, 3.8) is 0 Å². The molecule has 1 rings (SSSR count). The van der Waals surface area contributed by atoms with Crippen LogP contribution in [0.2, 0.25) is 0 Å². The number of benzene rings is 1. The summed E-state index contributed by atoms with van der Waals surface area (Å²) in [5, 5.41) is 3.87. The van der Waals surface area contributed by atoms with Crippen LogP contribution in [-0.4, -0.2) is 11.6 Å². The summed E-state index contributed by atoms with van der Waals surface area (Å²) in [6.45, 7) is 3.26. The molecule has 0 aromatic heterocycles. The van der Waals surface area contributed by atoms with Crippen LogP contribution in [0.15, 0.2) is 41.5 Å². The minimum atomic E-state index is -0.164. The lowest BCUT2D eigenvalue weighted by Gasteiger charge is -1.94. The monoisotopic (exact) mass is 202 g/mol. The lowest BCUT2D eigenvalue weighted by atomic mass is 10.2. The largest absolute Gasteiger partial charge is 0.274 e. The molecule has 15 heavy (non-hydrogen) atoms. The summed E-state index contributed by atoms with van der Waals surface area (Å²) in [6.07, 6.45) is 3.80. The molecule has 0 aliphatic heterocycles. The van der Waals surface area contributed by atoms with Gasteiger partial charge in [0, 0.05) is 6.92 Å². The van der Waals surface area contributed by atoms with Gasteiger partial charge in [0.25, 0.3) is 0 Å². The van der Waals surface area contributed by atoms with E-state index in [0.717, 1.165) is 11.3 Å². The predicted octanol–water partition coefficient (Wildman–Crippen LogP) is 2.21. The van der Waals surface area contributed by atoms with Crippen LogP contribution in [0.4, 0.5) is 0 Å². The van der Waals surface area contributed by atoms with E-state index in [2.05, 4.69) is 10.5 Å². The smallest absolute Gasteiger partial charge is 0.236 e. The minimum Gasteiger partial charge on any atom is -0.274 e. The first-order valence-corrected chi connectivity index (χ1v) is 4.72. The van der Waals surface area contributed by atoms with Gasteiger partial charge in [0.1, 0.15) is 0 Å². The van der Waals surface area contributed by atoms with E-state index in [0.29, 0.717) is 0 Å². The Kier molecular flexibility index (Phi) is 4.29. The van der Waals surface area contributed by atoms with Crippen molar-refractivity contribution >= 4 is 17.7 Å². The third-order valence-electron chi connectivity index (χ3n) is 1.71. The zero-order valence-electron chi connectivity index (χ0n) is 8.90. The molecule has 0 fully saturated rings. The second-order valence-electron chi connectivity index (χ2n) is 3.17. The molecule has 0 saturated heterocycles. The van der Waals surface area contributed by atoms with Crippen LogP contribution in [0.5, 0.6) is 0 Å². The third kappa shape index (κ3) is 4.76. The molecule has 1 amide bonds. The number of hydrogen-bond donors (Lipinski definition) is 1. The number of nitrogens with zero attached hydrogens (tertiary/aromatic N) is 1. The summed E-state index contributed by atoms with van der Waals surface area (Å²) in [5.74, 6) is -0.164. The normalized spacial score (nSPS) is 11.7. The van der Waals surface area contributed by atoms with Gasteiger partial charge in [0.2, 0.25) is 5.91 Å². The van der Waals surface area contributed by atoms with Gasteiger partial charge in [0.15, 0.2) is 0 Å². The summed E-state index contributed by atoms with van der Waals surface area (Å²) in [6, 6.07) is 9.92. The maximum Gasteiger partial charge on any atom is 0.236 e. The Bertz CT molecular complexity index is 380. The Morgan fingerprint density at radius 3 is 2.53 bits per heavy atom. The van der Waals surface area contributed by atoms with Gasteiger partial charge < -0.3 is 0 Å². The van der Waals surface area contributed by atoms with E-state index in [1.807, 2.05) is 49.4 Å². The van der Waals surface area contributed by atoms with Gasteiger partial charge in [0.05, 0.1) is 5.71 Å². The highest BCUT2D eigenvalue weighted by molar-refractivity contribution is 5.96. The Labute approximate surface area is 89.5 Å². The van der Waals surface area contributed by atoms with Crippen molar-refractivity contribution < 1.29 is 4.79 Å². The van der Waals surface area contributed by atoms with Gasteiger partial charge in [-0.25, -0.2) is 5.43 Å². The molecule has 1 aromatic rings. The zero-order chi connectivity index (χ0) is 11.1. The number of nitrogens with one attached hydrogen (secondary N) is 1. The number of amides is 1. The van der Waals surface area contributed by atoms with Crippen molar-refractivity contribution in [3.05, 3.63) is 42.0 Å². The molecule has 0 heterocycles. The van der Waals surface area contributed by atoms with Crippen LogP contribution in [-0.2, 0) is 4.79 Å². The molecule has 0 aliphatic rings. The van der Waals surface area contributed by atoms with Gasteiger partial charge >= 0.3 is 0 Å². The molecular weight excluding hydrogens is 188 g/mol. The fourth-order valence-electron chi connectivity index (χ4n) is 0.985. The zero-order valence-corrected chi connectivity index (χ0v) is 8.90. The van der Waals surface area contributed by atoms with E-state index in [1.54, 1.807) is 0 Å². The topological polar surface area (TPSA) is 41.5 Å². The lowest BCUT2D eigenvalue weighted by Crippen LogP contribution is -2.13. The minimum absolute atomic E-state index is 0.164. The quantitative estimate of drug-likeness (QED) is 0.592. The van der Waals surface area contributed by atoms with Crippen LogP contribution in [0.1, 0.15) is 19.4 Å². The van der Waals surface area contributed by atoms with E-state index >= 15 is 0 Å². The Morgan fingerprint density at radius 1 is 1.27 bits per heavy atom. The van der Waals surface area contributed by atoms with Gasteiger partial charge in [-0.1, -0.05) is 36.4 Å². The van der Waals surface area contributed by atoms with Crippen molar-refractivity contribution in [2.45, 2.75) is 13.8 Å². The molecule has 1 N–H and O–H groups in total. The van der Waals surface area contributed by atoms with Crippen molar-refractivity contribution in [2.24, 2.45) is 5.10 Å². The first kappa shape index (κ1) is 11.2. The first-order valence-electron chi connectivity index (χ1n) is 4.72. The number of carbonyl (C=O) groups excluding carboxylic acids is 1. The number of hydrogen-bond acceptors (Lipinski definition) is 2. The summed E-state index contributed by atoms with van der Waals surface area (Å²) in [5.41, 5.74) is 4.24. The molecule has 3 nitrogen and oxygen atoms in total. The highest BCUT2D eigenvalue weighted by Crippen LogP contribution is 2.00. The number of rotatable bonds is 3. The molecule has 0 atom stereocenters. The highest BCUT2D eigenvalue weighted by atomic mass is 16.2. The molecule has 0 spiro atoms. The van der Waals surface area contributed by atoms with Crippen molar-refractivity contribution in [1.82, 2.24) is 5.43 Å². The number of hydrazone groups is 1. The molecule has 0 saturated carbocycles. The average molecular weight is 202 g/mol. The Hall–Kier alpha value is -1.90. The van der Waals surface area contributed by atoms with E-state index in [1.165, 1.54) is 6.92 Å². The molecule has 3 heteroatoms. The summed E-state index contributed by atoms with van der Waals surface area (Å²) < 4.78 is 0. The lowest BCUT2D eigenvalue weighted by molar-refractivity contribution is -0.118. The molecular formula is C12H14N2O. The van der Waals surface area contributed by atoms with Gasteiger partial charge in [-0.05, 0) is 18.6 Å². The summed E-state index contributed by atoms with van der Waals surface area (Å²) in [7, 11) is 0. The van der Waals surface area contributed by atoms with Crippen LogP contribution in [0.25, 0.3) is 6.08 Å². The maximum absolute atomic E-state index is 10.6. The summed E-state index contributed by atoms with van der Waals surface area (Å²) >= 11 is 0. The van der Waals surface area contributed by atoms with E-state index in [-0.39, 0.29) is 5.91 Å². The van der Waals surface area contributed by atoms with Crippen molar-refractivity contribution in [2.75, 3.05) is 0 Å². The number of allylic oxidation sites excluding steroid dienone is 1. The molecule has 0 unspecified atom stereocenters. The molecule has 0 radical (unpaired) electrons. The average Bonchev–Trinajstić information content (AvgIpc) is 2.25. The van der Waals surface area contributed by atoms with E-state index < -0.39 is 0 Å².